The highest BCUT2D eigenvalue weighted by atomic mass is 19.4. The Bertz CT molecular complexity index is 285. The van der Waals surface area contributed by atoms with Crippen LogP contribution >= 0.6 is 0 Å². The zero-order valence-electron chi connectivity index (χ0n) is 6.25. The highest BCUT2D eigenvalue weighted by Crippen LogP contribution is 2.19. The number of hydrogen-bond donors (Lipinski definition) is 2. The average molecular weight is 195 g/mol. The van der Waals surface area contributed by atoms with Gasteiger partial charge < -0.3 is 14.6 Å². The van der Waals surface area contributed by atoms with Crippen LogP contribution in [0.5, 0.6) is 0 Å². The molecule has 13 heavy (non-hydrogen) atoms. The second kappa shape index (κ2) is 3.39. The van der Waals surface area contributed by atoms with Crippen molar-refractivity contribution in [2.45, 2.75) is 12.6 Å². The first-order valence-corrected chi connectivity index (χ1v) is 3.27. The first-order chi connectivity index (χ1) is 5.88. The summed E-state index contributed by atoms with van der Waals surface area (Å²) in [6.07, 6.45) is -5.63. The molecule has 0 aliphatic heterocycles. The molecule has 1 aromatic rings. The molecule has 0 saturated heterocycles. The van der Waals surface area contributed by atoms with Crippen molar-refractivity contribution in [1.82, 2.24) is 5.16 Å². The highest BCUT2D eigenvalue weighted by Gasteiger charge is 2.30. The quantitative estimate of drug-likeness (QED) is 0.621. The summed E-state index contributed by atoms with van der Waals surface area (Å²) in [5.74, 6) is 0. The third-order valence-electron chi connectivity index (χ3n) is 1.21. The van der Waals surface area contributed by atoms with Crippen molar-refractivity contribution in [2.75, 3.05) is 0 Å². The van der Waals surface area contributed by atoms with Gasteiger partial charge in [-0.15, -0.1) is 0 Å². The van der Waals surface area contributed by atoms with Gasteiger partial charge in [-0.1, -0.05) is 5.16 Å². The molecule has 0 fully saturated rings. The van der Waals surface area contributed by atoms with Crippen molar-refractivity contribution in [3.05, 3.63) is 11.8 Å². The maximum absolute atomic E-state index is 11.7. The van der Waals surface area contributed by atoms with Crippen LogP contribution in [0.3, 0.4) is 0 Å². The van der Waals surface area contributed by atoms with Gasteiger partial charge >= 0.3 is 13.3 Å². The van der Waals surface area contributed by atoms with Crippen molar-refractivity contribution in [3.8, 4) is 0 Å². The lowest BCUT2D eigenvalue weighted by molar-refractivity contribution is -0.128. The summed E-state index contributed by atoms with van der Waals surface area (Å²) in [5, 5.41) is 20.0. The lowest BCUT2D eigenvalue weighted by atomic mass is 9.87. The van der Waals surface area contributed by atoms with E-state index in [0.29, 0.717) is 0 Å². The topological polar surface area (TPSA) is 66.5 Å². The molecular formula is C5H5BF3NO3. The highest BCUT2D eigenvalue weighted by molar-refractivity contribution is 6.56. The summed E-state index contributed by atoms with van der Waals surface area (Å²) in [5.41, 5.74) is -0.783. The van der Waals surface area contributed by atoms with E-state index in [4.69, 9.17) is 10.0 Å². The normalized spacial score (nSPS) is 11.8. The minimum absolute atomic E-state index is 0.379. The Hall–Kier alpha value is -1.02. The second-order valence-electron chi connectivity index (χ2n) is 2.39. The van der Waals surface area contributed by atoms with E-state index in [0.717, 1.165) is 6.07 Å². The van der Waals surface area contributed by atoms with Gasteiger partial charge in [-0.25, -0.2) is 0 Å². The van der Waals surface area contributed by atoms with Gasteiger partial charge in [-0.3, -0.25) is 0 Å². The fraction of sp³-hybridized carbons (Fsp3) is 0.400. The number of halogens is 3. The van der Waals surface area contributed by atoms with Gasteiger partial charge in [-0.2, -0.15) is 13.2 Å². The van der Waals surface area contributed by atoms with E-state index < -0.39 is 25.4 Å². The van der Waals surface area contributed by atoms with Crippen LogP contribution in [0.4, 0.5) is 13.2 Å². The van der Waals surface area contributed by atoms with Gasteiger partial charge in [0.2, 0.25) is 0 Å². The minimum atomic E-state index is -4.38. The smallest absolute Gasteiger partial charge is 0.421 e. The largest absolute Gasteiger partial charge is 0.529 e. The molecule has 2 N–H and O–H groups in total. The third-order valence-corrected chi connectivity index (χ3v) is 1.21. The zero-order chi connectivity index (χ0) is 10.1. The SMILES string of the molecule is OB(O)c1cc(CC(F)(F)F)no1. The molecule has 0 radical (unpaired) electrons. The third kappa shape index (κ3) is 3.07. The molecular weight excluding hydrogens is 190 g/mol. The fourth-order valence-electron chi connectivity index (χ4n) is 0.739. The lowest BCUT2D eigenvalue weighted by Crippen LogP contribution is -2.28. The van der Waals surface area contributed by atoms with Gasteiger partial charge in [0.15, 0.2) is 5.66 Å². The van der Waals surface area contributed by atoms with Crippen LogP contribution in [-0.2, 0) is 6.42 Å². The molecule has 0 unspecified atom stereocenters. The Morgan fingerprint density at radius 3 is 2.46 bits per heavy atom. The number of hydrogen-bond acceptors (Lipinski definition) is 4. The lowest BCUT2D eigenvalue weighted by Gasteiger charge is -2.00. The molecule has 72 valence electrons. The Morgan fingerprint density at radius 2 is 2.08 bits per heavy atom. The van der Waals surface area contributed by atoms with E-state index in [-0.39, 0.29) is 5.69 Å². The molecule has 0 bridgehead atoms. The van der Waals surface area contributed by atoms with Crippen LogP contribution in [0.2, 0.25) is 0 Å². The van der Waals surface area contributed by atoms with Gasteiger partial charge in [0.25, 0.3) is 0 Å². The van der Waals surface area contributed by atoms with E-state index in [1.165, 1.54) is 0 Å². The average Bonchev–Trinajstić information content (AvgIpc) is 2.31. The van der Waals surface area contributed by atoms with Crippen molar-refractivity contribution in [1.29, 1.82) is 0 Å². The monoisotopic (exact) mass is 195 g/mol. The minimum Gasteiger partial charge on any atom is -0.421 e. The van der Waals surface area contributed by atoms with Gasteiger partial charge in [0.05, 0.1) is 12.1 Å². The molecule has 4 nitrogen and oxygen atoms in total. The molecule has 1 heterocycles. The predicted octanol–water partition coefficient (Wildman–Crippen LogP) is -0.541. The summed E-state index contributed by atoms with van der Waals surface area (Å²) in [7, 11) is -1.94. The molecule has 0 amide bonds. The second-order valence-corrected chi connectivity index (χ2v) is 2.39. The molecule has 0 atom stereocenters. The summed E-state index contributed by atoms with van der Waals surface area (Å²) in [4.78, 5) is 0. The van der Waals surface area contributed by atoms with Crippen LogP contribution in [0.15, 0.2) is 10.6 Å². The maximum Gasteiger partial charge on any atom is 0.529 e. The van der Waals surface area contributed by atoms with Crippen molar-refractivity contribution < 1.29 is 27.7 Å². The van der Waals surface area contributed by atoms with E-state index in [9.17, 15) is 13.2 Å². The summed E-state index contributed by atoms with van der Waals surface area (Å²) in [6.45, 7) is 0. The standard InChI is InChI=1S/C5H5BF3NO3/c7-5(8,9)2-3-1-4(6(11)12)13-10-3/h1,11-12H,2H2. The van der Waals surface area contributed by atoms with Crippen LogP contribution in [0.25, 0.3) is 0 Å². The van der Waals surface area contributed by atoms with Crippen molar-refractivity contribution in [3.63, 3.8) is 0 Å². The Labute approximate surface area is 71.1 Å². The summed E-state index contributed by atoms with van der Waals surface area (Å²) >= 11 is 0. The van der Waals surface area contributed by atoms with Crippen molar-refractivity contribution >= 4 is 12.8 Å². The molecule has 0 aliphatic carbocycles. The van der Waals surface area contributed by atoms with Crippen molar-refractivity contribution in [2.24, 2.45) is 0 Å². The van der Waals surface area contributed by atoms with Crippen LogP contribution in [0, 0.1) is 0 Å². The van der Waals surface area contributed by atoms with E-state index in [1.807, 2.05) is 0 Å². The van der Waals surface area contributed by atoms with E-state index in [2.05, 4.69) is 9.68 Å². The van der Waals surface area contributed by atoms with Crippen LogP contribution < -0.4 is 5.66 Å². The zero-order valence-corrected chi connectivity index (χ0v) is 6.25. The Balaban J connectivity index is 2.70. The van der Waals surface area contributed by atoms with Crippen LogP contribution in [0.1, 0.15) is 5.69 Å². The number of alkyl halides is 3. The van der Waals surface area contributed by atoms with E-state index >= 15 is 0 Å². The molecule has 0 aromatic carbocycles. The number of aromatic nitrogens is 1. The molecule has 0 spiro atoms. The predicted molar refractivity (Wildman–Crippen MR) is 36.1 cm³/mol. The summed E-state index contributed by atoms with van der Waals surface area (Å²) in [6, 6.07) is 0.845. The van der Waals surface area contributed by atoms with Gasteiger partial charge in [-0.05, 0) is 0 Å². The molecule has 1 aromatic heterocycles. The molecule has 0 aliphatic rings. The van der Waals surface area contributed by atoms with Gasteiger partial charge in [0.1, 0.15) is 0 Å². The molecule has 0 saturated carbocycles. The van der Waals surface area contributed by atoms with E-state index in [1.54, 1.807) is 0 Å². The maximum atomic E-state index is 11.7. The Morgan fingerprint density at radius 1 is 1.46 bits per heavy atom. The fourth-order valence-corrected chi connectivity index (χ4v) is 0.739. The van der Waals surface area contributed by atoms with Gasteiger partial charge in [0, 0.05) is 6.07 Å². The summed E-state index contributed by atoms with van der Waals surface area (Å²) < 4.78 is 39.5. The number of nitrogens with zero attached hydrogens (tertiary/aromatic N) is 1. The number of rotatable bonds is 2. The molecule has 1 rings (SSSR count). The molecule has 8 heteroatoms. The first-order valence-electron chi connectivity index (χ1n) is 3.27. The van der Waals surface area contributed by atoms with Crippen LogP contribution in [-0.4, -0.2) is 28.5 Å². The first kappa shape index (κ1) is 10.1. The Kier molecular flexibility index (Phi) is 2.62.